The minimum atomic E-state index is 0.695. The monoisotopic (exact) mass is 278 g/mol. The van der Waals surface area contributed by atoms with E-state index in [-0.39, 0.29) is 0 Å². The highest BCUT2D eigenvalue weighted by atomic mass is 15.0. The van der Waals surface area contributed by atoms with Crippen LogP contribution in [0.5, 0.6) is 0 Å². The molecule has 108 valence electrons. The lowest BCUT2D eigenvalue weighted by Crippen LogP contribution is -2.51. The first-order valence-electron chi connectivity index (χ1n) is 8.46. The zero-order valence-corrected chi connectivity index (χ0v) is 12.3. The van der Waals surface area contributed by atoms with Crippen molar-refractivity contribution in [3.8, 4) is 0 Å². The van der Waals surface area contributed by atoms with Gasteiger partial charge in [-0.15, -0.1) is 0 Å². The predicted molar refractivity (Wildman–Crippen MR) is 86.2 cm³/mol. The summed E-state index contributed by atoms with van der Waals surface area (Å²) in [5, 5.41) is 5.10. The number of hydrogen-bond donors (Lipinski definition) is 1. The van der Waals surface area contributed by atoms with Crippen LogP contribution >= 0.6 is 0 Å². The minimum Gasteiger partial charge on any atom is -0.380 e. The van der Waals surface area contributed by atoms with Gasteiger partial charge in [0.2, 0.25) is 0 Å². The summed E-state index contributed by atoms with van der Waals surface area (Å²) in [4.78, 5) is 4.60. The number of para-hydroxylation sites is 1. The van der Waals surface area contributed by atoms with Crippen LogP contribution in [-0.2, 0) is 0 Å². The number of fused-ring (bicyclic) bond motifs is 1. The molecule has 1 N–H and O–H groups in total. The van der Waals surface area contributed by atoms with Crippen LogP contribution in [0.4, 0.5) is 5.69 Å². The van der Waals surface area contributed by atoms with Crippen molar-refractivity contribution < 1.29 is 0 Å². The topological polar surface area (TPSA) is 24.9 Å². The van der Waals surface area contributed by atoms with Crippen LogP contribution in [0.15, 0.2) is 36.5 Å². The number of nitrogens with one attached hydrogen (secondary N) is 1. The van der Waals surface area contributed by atoms with E-state index in [4.69, 9.17) is 0 Å². The van der Waals surface area contributed by atoms with Crippen LogP contribution < -0.4 is 5.32 Å². The summed E-state index contributed by atoms with van der Waals surface area (Å²) in [6.45, 7) is 0. The van der Waals surface area contributed by atoms with Crippen molar-refractivity contribution in [1.82, 2.24) is 4.98 Å². The lowest BCUT2D eigenvalue weighted by molar-refractivity contribution is 0.00753. The molecule has 1 aromatic carbocycles. The fraction of sp³-hybridized carbons (Fsp3) is 0.526. The van der Waals surface area contributed by atoms with Gasteiger partial charge in [0.1, 0.15) is 0 Å². The molecule has 4 bridgehead atoms. The first kappa shape index (κ1) is 12.0. The highest BCUT2D eigenvalue weighted by molar-refractivity contribution is 5.81. The minimum absolute atomic E-state index is 0.695. The molecular weight excluding hydrogens is 256 g/mol. The Morgan fingerprint density at radius 2 is 1.62 bits per heavy atom. The SMILES string of the molecule is c1ccc2ncc(NC3C4CC5CC(C4)CC3C5)cc2c1. The Morgan fingerprint density at radius 1 is 0.905 bits per heavy atom. The summed E-state index contributed by atoms with van der Waals surface area (Å²) >= 11 is 0. The molecule has 4 fully saturated rings. The zero-order chi connectivity index (χ0) is 13.8. The third-order valence-corrected chi connectivity index (χ3v) is 6.15. The van der Waals surface area contributed by atoms with Gasteiger partial charge in [-0.1, -0.05) is 18.2 Å². The molecule has 0 atom stereocenters. The molecule has 0 saturated heterocycles. The van der Waals surface area contributed by atoms with Gasteiger partial charge in [-0.25, -0.2) is 0 Å². The molecule has 4 aliphatic carbocycles. The molecule has 1 heterocycles. The average Bonchev–Trinajstić information content (AvgIpc) is 2.50. The van der Waals surface area contributed by atoms with Crippen molar-refractivity contribution in [2.45, 2.75) is 38.1 Å². The van der Waals surface area contributed by atoms with Gasteiger partial charge in [0.15, 0.2) is 0 Å². The van der Waals surface area contributed by atoms with Crippen molar-refractivity contribution in [2.75, 3.05) is 5.32 Å². The molecular formula is C19H22N2. The Bertz CT molecular complexity index is 650. The zero-order valence-electron chi connectivity index (χ0n) is 12.3. The summed E-state index contributed by atoms with van der Waals surface area (Å²) in [6.07, 6.45) is 9.40. The second-order valence-corrected chi connectivity index (χ2v) is 7.52. The van der Waals surface area contributed by atoms with Gasteiger partial charge < -0.3 is 5.32 Å². The fourth-order valence-electron chi connectivity index (χ4n) is 5.50. The number of rotatable bonds is 2. The normalized spacial score (nSPS) is 37.0. The van der Waals surface area contributed by atoms with E-state index < -0.39 is 0 Å². The third kappa shape index (κ3) is 1.96. The van der Waals surface area contributed by atoms with Crippen molar-refractivity contribution in [2.24, 2.45) is 23.7 Å². The Balaban J connectivity index is 1.43. The predicted octanol–water partition coefficient (Wildman–Crippen LogP) is 4.47. The van der Waals surface area contributed by atoms with Crippen LogP contribution in [0.1, 0.15) is 32.1 Å². The molecule has 0 spiro atoms. The quantitative estimate of drug-likeness (QED) is 0.876. The van der Waals surface area contributed by atoms with Gasteiger partial charge in [0, 0.05) is 11.4 Å². The largest absolute Gasteiger partial charge is 0.380 e. The molecule has 0 radical (unpaired) electrons. The maximum atomic E-state index is 4.60. The van der Waals surface area contributed by atoms with Crippen molar-refractivity contribution in [3.05, 3.63) is 36.5 Å². The van der Waals surface area contributed by atoms with Gasteiger partial charge in [0.05, 0.1) is 17.4 Å². The Morgan fingerprint density at radius 3 is 2.38 bits per heavy atom. The third-order valence-electron chi connectivity index (χ3n) is 6.15. The highest BCUT2D eigenvalue weighted by Gasteiger charge is 2.48. The summed E-state index contributed by atoms with van der Waals surface area (Å²) in [6, 6.07) is 11.4. The standard InChI is InChI=1S/C19H22N2/c1-2-4-18-14(3-1)10-17(11-20-18)21-19-15-6-12-5-13(8-15)9-16(19)7-12/h1-4,10-13,15-16,19,21H,5-9H2. The van der Waals surface area contributed by atoms with Gasteiger partial charge >= 0.3 is 0 Å². The van der Waals surface area contributed by atoms with E-state index >= 15 is 0 Å². The Hall–Kier alpha value is -1.57. The summed E-state index contributed by atoms with van der Waals surface area (Å²) in [5.41, 5.74) is 2.30. The van der Waals surface area contributed by atoms with Crippen molar-refractivity contribution in [3.63, 3.8) is 0 Å². The van der Waals surface area contributed by atoms with Gasteiger partial charge in [-0.3, -0.25) is 4.98 Å². The lowest BCUT2D eigenvalue weighted by Gasteiger charge is -2.54. The number of nitrogens with zero attached hydrogens (tertiary/aromatic N) is 1. The number of benzene rings is 1. The van der Waals surface area contributed by atoms with Gasteiger partial charge in [0.25, 0.3) is 0 Å². The molecule has 21 heavy (non-hydrogen) atoms. The second-order valence-electron chi connectivity index (χ2n) is 7.52. The first-order valence-corrected chi connectivity index (χ1v) is 8.46. The molecule has 0 aliphatic heterocycles. The van der Waals surface area contributed by atoms with Crippen molar-refractivity contribution >= 4 is 16.6 Å². The van der Waals surface area contributed by atoms with Crippen LogP contribution in [0, 0.1) is 23.7 Å². The molecule has 0 unspecified atom stereocenters. The number of hydrogen-bond acceptors (Lipinski definition) is 2. The van der Waals surface area contributed by atoms with Gasteiger partial charge in [-0.05, 0) is 67.9 Å². The number of anilines is 1. The van der Waals surface area contributed by atoms with Crippen LogP contribution in [-0.4, -0.2) is 11.0 Å². The molecule has 2 aromatic rings. The van der Waals surface area contributed by atoms with E-state index in [9.17, 15) is 0 Å². The van der Waals surface area contributed by atoms with E-state index in [1.165, 1.54) is 43.2 Å². The second kappa shape index (κ2) is 4.46. The number of pyridine rings is 1. The Labute approximate surface area is 126 Å². The van der Waals surface area contributed by atoms with E-state index in [1.807, 2.05) is 6.20 Å². The maximum absolute atomic E-state index is 4.60. The first-order chi connectivity index (χ1) is 10.3. The van der Waals surface area contributed by atoms with E-state index in [2.05, 4.69) is 40.6 Å². The fourth-order valence-corrected chi connectivity index (χ4v) is 5.50. The Kier molecular flexibility index (Phi) is 2.55. The molecule has 4 aliphatic rings. The molecule has 0 amide bonds. The van der Waals surface area contributed by atoms with Crippen molar-refractivity contribution in [1.29, 1.82) is 0 Å². The van der Waals surface area contributed by atoms with Gasteiger partial charge in [-0.2, -0.15) is 0 Å². The maximum Gasteiger partial charge on any atom is 0.0703 e. The summed E-state index contributed by atoms with van der Waals surface area (Å²) in [7, 11) is 0. The molecule has 2 heteroatoms. The molecule has 2 nitrogen and oxygen atoms in total. The van der Waals surface area contributed by atoms with E-state index in [0.29, 0.717) is 6.04 Å². The smallest absolute Gasteiger partial charge is 0.0703 e. The molecule has 4 saturated carbocycles. The average molecular weight is 278 g/mol. The van der Waals surface area contributed by atoms with Crippen LogP contribution in [0.3, 0.4) is 0 Å². The summed E-state index contributed by atoms with van der Waals surface area (Å²) < 4.78 is 0. The molecule has 6 rings (SSSR count). The van der Waals surface area contributed by atoms with Crippen LogP contribution in [0.2, 0.25) is 0 Å². The van der Waals surface area contributed by atoms with E-state index in [0.717, 1.165) is 29.2 Å². The van der Waals surface area contributed by atoms with E-state index in [1.54, 1.807) is 0 Å². The molecule has 1 aromatic heterocycles. The van der Waals surface area contributed by atoms with Crippen LogP contribution in [0.25, 0.3) is 10.9 Å². The summed E-state index contributed by atoms with van der Waals surface area (Å²) in [5.74, 6) is 3.90. The highest BCUT2D eigenvalue weighted by Crippen LogP contribution is 2.54. The lowest BCUT2D eigenvalue weighted by atomic mass is 9.54. The number of aromatic nitrogens is 1.